The first kappa shape index (κ1) is 18.2. The molecule has 1 aromatic rings. The third-order valence-electron chi connectivity index (χ3n) is 3.65. The van der Waals surface area contributed by atoms with Gasteiger partial charge in [0, 0.05) is 26.6 Å². The van der Waals surface area contributed by atoms with Crippen molar-refractivity contribution in [3.8, 4) is 0 Å². The Labute approximate surface area is 132 Å². The zero-order valence-corrected chi connectivity index (χ0v) is 13.6. The van der Waals surface area contributed by atoms with E-state index in [0.717, 1.165) is 6.42 Å². The Morgan fingerprint density at radius 1 is 1.23 bits per heavy atom. The van der Waals surface area contributed by atoms with Crippen molar-refractivity contribution in [2.24, 2.45) is 5.92 Å². The lowest BCUT2D eigenvalue weighted by atomic mass is 10.00. The van der Waals surface area contributed by atoms with Gasteiger partial charge in [-0.25, -0.2) is 0 Å². The quantitative estimate of drug-likeness (QED) is 0.729. The summed E-state index contributed by atoms with van der Waals surface area (Å²) in [5.74, 6) is -0.600. The number of carbonyl (C=O) groups is 2. The van der Waals surface area contributed by atoms with Crippen molar-refractivity contribution in [3.63, 3.8) is 0 Å². The summed E-state index contributed by atoms with van der Waals surface area (Å²) >= 11 is 0. The van der Waals surface area contributed by atoms with Crippen molar-refractivity contribution >= 4 is 11.9 Å². The average molecular weight is 306 g/mol. The molecule has 2 atom stereocenters. The molecule has 0 saturated carbocycles. The number of hydrogen-bond acceptors (Lipinski definition) is 3. The van der Waals surface area contributed by atoms with Gasteiger partial charge >= 0.3 is 5.97 Å². The van der Waals surface area contributed by atoms with Crippen LogP contribution in [0.2, 0.25) is 0 Å². The Hall–Kier alpha value is -1.88. The number of nitrogens with one attached hydrogen (secondary N) is 1. The second-order valence-electron chi connectivity index (χ2n) is 5.79. The molecule has 0 radical (unpaired) electrons. The fourth-order valence-electron chi connectivity index (χ4n) is 2.46. The van der Waals surface area contributed by atoms with E-state index in [-0.39, 0.29) is 5.91 Å². The molecular formula is C17H26N2O3. The van der Waals surface area contributed by atoms with Crippen LogP contribution in [0.25, 0.3) is 0 Å². The smallest absolute Gasteiger partial charge is 0.320 e. The van der Waals surface area contributed by atoms with Gasteiger partial charge in [-0.15, -0.1) is 0 Å². The number of hydrogen-bond donors (Lipinski definition) is 2. The zero-order chi connectivity index (χ0) is 16.5. The van der Waals surface area contributed by atoms with E-state index in [9.17, 15) is 14.7 Å². The highest BCUT2D eigenvalue weighted by molar-refractivity contribution is 5.73. The molecule has 0 aliphatic rings. The molecule has 0 aromatic heterocycles. The second-order valence-corrected chi connectivity index (χ2v) is 5.79. The van der Waals surface area contributed by atoms with Crippen molar-refractivity contribution in [3.05, 3.63) is 35.9 Å². The minimum absolute atomic E-state index is 0.0970. The third kappa shape index (κ3) is 6.72. The molecule has 1 rings (SSSR count). The molecular weight excluding hydrogens is 280 g/mol. The predicted molar refractivity (Wildman–Crippen MR) is 86.7 cm³/mol. The van der Waals surface area contributed by atoms with E-state index >= 15 is 0 Å². The lowest BCUT2D eigenvalue weighted by Crippen LogP contribution is -2.45. The van der Waals surface area contributed by atoms with Crippen molar-refractivity contribution in [2.75, 3.05) is 19.6 Å². The van der Waals surface area contributed by atoms with E-state index in [1.165, 1.54) is 12.5 Å². The summed E-state index contributed by atoms with van der Waals surface area (Å²) in [6.45, 7) is 6.94. The van der Waals surface area contributed by atoms with E-state index in [2.05, 4.69) is 24.4 Å². The summed E-state index contributed by atoms with van der Waals surface area (Å²) in [6.07, 6.45) is 0.907. The first-order valence-corrected chi connectivity index (χ1v) is 7.65. The Morgan fingerprint density at radius 3 is 2.41 bits per heavy atom. The second kappa shape index (κ2) is 9.20. The first-order chi connectivity index (χ1) is 10.4. The lowest BCUT2D eigenvalue weighted by molar-refractivity contribution is -0.142. The molecule has 0 aliphatic heterocycles. The summed E-state index contributed by atoms with van der Waals surface area (Å²) < 4.78 is 0. The van der Waals surface area contributed by atoms with Crippen LogP contribution in [-0.2, 0) is 16.0 Å². The highest BCUT2D eigenvalue weighted by Gasteiger charge is 2.22. The molecule has 2 unspecified atom stereocenters. The maximum Gasteiger partial charge on any atom is 0.320 e. The van der Waals surface area contributed by atoms with Crippen molar-refractivity contribution < 1.29 is 14.7 Å². The van der Waals surface area contributed by atoms with E-state index in [0.29, 0.717) is 25.6 Å². The Bertz CT molecular complexity index is 476. The van der Waals surface area contributed by atoms with Crippen LogP contribution in [-0.4, -0.2) is 47.6 Å². The van der Waals surface area contributed by atoms with Gasteiger partial charge in [-0.05, 0) is 24.8 Å². The van der Waals surface area contributed by atoms with Crippen molar-refractivity contribution in [1.29, 1.82) is 0 Å². The Balaban J connectivity index is 2.58. The topological polar surface area (TPSA) is 69.6 Å². The lowest BCUT2D eigenvalue weighted by Gasteiger charge is -2.29. The number of carboxylic acids is 1. The molecule has 0 spiro atoms. The standard InChI is InChI=1S/C17H26N2O3/c1-13(11-16-7-5-4-6-8-16)12-19(14(2)17(21)22)10-9-18-15(3)20/h4-8,13-14H,9-12H2,1-3H3,(H,18,20)(H,21,22). The highest BCUT2D eigenvalue weighted by Crippen LogP contribution is 2.11. The van der Waals surface area contributed by atoms with E-state index in [1.807, 2.05) is 23.1 Å². The minimum atomic E-state index is -0.838. The normalized spacial score (nSPS) is 13.6. The summed E-state index contributed by atoms with van der Waals surface area (Å²) in [7, 11) is 0. The molecule has 1 amide bonds. The number of rotatable bonds is 9. The third-order valence-corrected chi connectivity index (χ3v) is 3.65. The van der Waals surface area contributed by atoms with Crippen molar-refractivity contribution in [2.45, 2.75) is 33.2 Å². The molecule has 5 nitrogen and oxygen atoms in total. The van der Waals surface area contributed by atoms with Crippen LogP contribution in [0.4, 0.5) is 0 Å². The van der Waals surface area contributed by atoms with Gasteiger partial charge in [0.1, 0.15) is 6.04 Å². The number of benzene rings is 1. The Kier molecular flexibility index (Phi) is 7.60. The minimum Gasteiger partial charge on any atom is -0.480 e. The van der Waals surface area contributed by atoms with Crippen LogP contribution in [0.15, 0.2) is 30.3 Å². The van der Waals surface area contributed by atoms with E-state index in [1.54, 1.807) is 6.92 Å². The van der Waals surface area contributed by atoms with Gasteiger partial charge in [0.15, 0.2) is 0 Å². The van der Waals surface area contributed by atoms with Gasteiger partial charge in [-0.2, -0.15) is 0 Å². The molecule has 0 fully saturated rings. The van der Waals surface area contributed by atoms with Crippen LogP contribution in [0.3, 0.4) is 0 Å². The Morgan fingerprint density at radius 2 is 1.86 bits per heavy atom. The zero-order valence-electron chi connectivity index (χ0n) is 13.6. The molecule has 22 heavy (non-hydrogen) atoms. The van der Waals surface area contributed by atoms with Gasteiger partial charge in [0.2, 0.25) is 5.91 Å². The fourth-order valence-corrected chi connectivity index (χ4v) is 2.46. The average Bonchev–Trinajstić information content (AvgIpc) is 2.46. The number of carbonyl (C=O) groups excluding carboxylic acids is 1. The maximum absolute atomic E-state index is 11.2. The van der Waals surface area contributed by atoms with Gasteiger partial charge in [-0.3, -0.25) is 14.5 Å². The van der Waals surface area contributed by atoms with Crippen molar-refractivity contribution in [1.82, 2.24) is 10.2 Å². The summed E-state index contributed by atoms with van der Waals surface area (Å²) in [4.78, 5) is 24.1. The largest absolute Gasteiger partial charge is 0.480 e. The maximum atomic E-state index is 11.2. The molecule has 122 valence electrons. The van der Waals surface area contributed by atoms with Crippen LogP contribution in [0, 0.1) is 5.92 Å². The van der Waals surface area contributed by atoms with Crippen LogP contribution < -0.4 is 5.32 Å². The number of nitrogens with zero attached hydrogens (tertiary/aromatic N) is 1. The summed E-state index contributed by atoms with van der Waals surface area (Å²) in [6, 6.07) is 9.61. The fraction of sp³-hybridized carbons (Fsp3) is 0.529. The molecule has 2 N–H and O–H groups in total. The predicted octanol–water partition coefficient (Wildman–Crippen LogP) is 1.78. The van der Waals surface area contributed by atoms with Gasteiger partial charge < -0.3 is 10.4 Å². The highest BCUT2D eigenvalue weighted by atomic mass is 16.4. The molecule has 5 heteroatoms. The van der Waals surface area contributed by atoms with E-state index in [4.69, 9.17) is 0 Å². The van der Waals surface area contributed by atoms with Crippen LogP contribution in [0.1, 0.15) is 26.3 Å². The number of carboxylic acid groups (broad SMARTS) is 1. The van der Waals surface area contributed by atoms with E-state index < -0.39 is 12.0 Å². The summed E-state index contributed by atoms with van der Waals surface area (Å²) in [5.41, 5.74) is 1.25. The summed E-state index contributed by atoms with van der Waals surface area (Å²) in [5, 5.41) is 12.0. The molecule has 0 aliphatic carbocycles. The van der Waals surface area contributed by atoms with Gasteiger partial charge in [-0.1, -0.05) is 37.3 Å². The molecule has 0 heterocycles. The number of aliphatic carboxylic acids is 1. The molecule has 0 saturated heterocycles. The monoisotopic (exact) mass is 306 g/mol. The van der Waals surface area contributed by atoms with Gasteiger partial charge in [0.05, 0.1) is 0 Å². The van der Waals surface area contributed by atoms with Gasteiger partial charge in [0.25, 0.3) is 0 Å². The van der Waals surface area contributed by atoms with Crippen LogP contribution in [0.5, 0.6) is 0 Å². The first-order valence-electron chi connectivity index (χ1n) is 7.65. The molecule has 1 aromatic carbocycles. The SMILES string of the molecule is CC(=O)NCCN(CC(C)Cc1ccccc1)C(C)C(=O)O. The molecule has 0 bridgehead atoms. The van der Waals surface area contributed by atoms with Crippen LogP contribution >= 0.6 is 0 Å². The number of amides is 1.